The standard InChI is InChI=1S/C17H14O2S/c18-17(16-7-4-12-19-16)13-8-10-15(11-9-13)20-14-5-2-1-3-6-14/h1-6,8-12,16H,7H2. The Morgan fingerprint density at radius 1 is 1.00 bits per heavy atom. The number of hydrogen-bond acceptors (Lipinski definition) is 3. The van der Waals surface area contributed by atoms with Crippen molar-refractivity contribution < 1.29 is 9.53 Å². The fourth-order valence-corrected chi connectivity index (χ4v) is 2.89. The molecule has 1 aliphatic heterocycles. The van der Waals surface area contributed by atoms with Gasteiger partial charge in [0, 0.05) is 21.8 Å². The van der Waals surface area contributed by atoms with Gasteiger partial charge < -0.3 is 4.74 Å². The summed E-state index contributed by atoms with van der Waals surface area (Å²) < 4.78 is 5.26. The first kappa shape index (κ1) is 13.0. The molecule has 0 radical (unpaired) electrons. The van der Waals surface area contributed by atoms with E-state index in [-0.39, 0.29) is 11.9 Å². The van der Waals surface area contributed by atoms with E-state index in [1.165, 1.54) is 4.90 Å². The Hall–Kier alpha value is -2.00. The molecule has 3 rings (SSSR count). The summed E-state index contributed by atoms with van der Waals surface area (Å²) in [4.78, 5) is 14.5. The topological polar surface area (TPSA) is 26.3 Å². The highest BCUT2D eigenvalue weighted by Gasteiger charge is 2.22. The van der Waals surface area contributed by atoms with Crippen LogP contribution in [-0.4, -0.2) is 11.9 Å². The molecule has 0 saturated carbocycles. The first-order valence-corrected chi connectivity index (χ1v) is 7.32. The maximum absolute atomic E-state index is 12.1. The average molecular weight is 282 g/mol. The first-order valence-electron chi connectivity index (χ1n) is 6.50. The molecule has 0 fully saturated rings. The van der Waals surface area contributed by atoms with Crippen molar-refractivity contribution >= 4 is 17.5 Å². The first-order chi connectivity index (χ1) is 9.83. The molecule has 0 saturated heterocycles. The van der Waals surface area contributed by atoms with E-state index in [4.69, 9.17) is 4.74 Å². The number of ether oxygens (including phenoxy) is 1. The molecule has 0 aromatic heterocycles. The van der Waals surface area contributed by atoms with Crippen molar-refractivity contribution in [3.63, 3.8) is 0 Å². The van der Waals surface area contributed by atoms with Crippen LogP contribution in [0.2, 0.25) is 0 Å². The minimum absolute atomic E-state index is 0.0475. The van der Waals surface area contributed by atoms with Gasteiger partial charge in [0.15, 0.2) is 6.10 Å². The van der Waals surface area contributed by atoms with Crippen molar-refractivity contribution in [1.29, 1.82) is 0 Å². The summed E-state index contributed by atoms with van der Waals surface area (Å²) in [5, 5.41) is 0. The van der Waals surface area contributed by atoms with Crippen molar-refractivity contribution in [3.8, 4) is 0 Å². The fourth-order valence-electron chi connectivity index (χ4n) is 2.05. The normalized spacial score (nSPS) is 16.9. The van der Waals surface area contributed by atoms with Crippen LogP contribution < -0.4 is 0 Å². The van der Waals surface area contributed by atoms with Gasteiger partial charge in [0.2, 0.25) is 5.78 Å². The summed E-state index contributed by atoms with van der Waals surface area (Å²) in [5.74, 6) is 0.0475. The minimum atomic E-state index is -0.345. The van der Waals surface area contributed by atoms with Crippen molar-refractivity contribution in [1.82, 2.24) is 0 Å². The van der Waals surface area contributed by atoms with Gasteiger partial charge in [0.25, 0.3) is 0 Å². The predicted molar refractivity (Wildman–Crippen MR) is 80.0 cm³/mol. The molecule has 0 N–H and O–H groups in total. The van der Waals surface area contributed by atoms with Gasteiger partial charge in [-0.2, -0.15) is 0 Å². The molecule has 1 heterocycles. The SMILES string of the molecule is O=C(c1ccc(Sc2ccccc2)cc1)C1CC=CO1. The second kappa shape index (κ2) is 5.97. The summed E-state index contributed by atoms with van der Waals surface area (Å²) in [5.41, 5.74) is 0.705. The van der Waals surface area contributed by atoms with Gasteiger partial charge in [-0.3, -0.25) is 4.79 Å². The van der Waals surface area contributed by atoms with Crippen LogP contribution in [-0.2, 0) is 4.74 Å². The lowest BCUT2D eigenvalue weighted by atomic mass is 10.1. The summed E-state index contributed by atoms with van der Waals surface area (Å²) in [6, 6.07) is 17.9. The Morgan fingerprint density at radius 3 is 2.35 bits per heavy atom. The molecule has 2 aromatic rings. The third-order valence-corrected chi connectivity index (χ3v) is 4.12. The Kier molecular flexibility index (Phi) is 3.88. The highest BCUT2D eigenvalue weighted by molar-refractivity contribution is 7.99. The number of benzene rings is 2. The lowest BCUT2D eigenvalue weighted by molar-refractivity contribution is 0.0753. The van der Waals surface area contributed by atoms with Gasteiger partial charge in [-0.05, 0) is 30.3 Å². The van der Waals surface area contributed by atoms with Crippen molar-refractivity contribution in [2.24, 2.45) is 0 Å². The van der Waals surface area contributed by atoms with E-state index in [1.807, 2.05) is 48.5 Å². The summed E-state index contributed by atoms with van der Waals surface area (Å²) in [6.45, 7) is 0. The lowest BCUT2D eigenvalue weighted by Crippen LogP contribution is -2.19. The monoisotopic (exact) mass is 282 g/mol. The van der Waals surface area contributed by atoms with E-state index >= 15 is 0 Å². The number of hydrogen-bond donors (Lipinski definition) is 0. The van der Waals surface area contributed by atoms with Crippen LogP contribution in [0, 0.1) is 0 Å². The van der Waals surface area contributed by atoms with Gasteiger partial charge in [-0.25, -0.2) is 0 Å². The second-order valence-electron chi connectivity index (χ2n) is 4.54. The molecule has 0 bridgehead atoms. The molecule has 3 heteroatoms. The molecule has 1 unspecified atom stereocenters. The van der Waals surface area contributed by atoms with Gasteiger partial charge in [0.1, 0.15) is 0 Å². The van der Waals surface area contributed by atoms with Crippen LogP contribution in [0.25, 0.3) is 0 Å². The molecule has 0 spiro atoms. The molecule has 1 aliphatic rings. The van der Waals surface area contributed by atoms with Crippen molar-refractivity contribution in [3.05, 3.63) is 72.5 Å². The van der Waals surface area contributed by atoms with Crippen molar-refractivity contribution in [2.45, 2.75) is 22.3 Å². The van der Waals surface area contributed by atoms with Gasteiger partial charge in [-0.15, -0.1) is 0 Å². The Balaban J connectivity index is 1.70. The highest BCUT2D eigenvalue weighted by Crippen LogP contribution is 2.27. The second-order valence-corrected chi connectivity index (χ2v) is 5.68. The van der Waals surface area contributed by atoms with E-state index in [0.717, 1.165) is 4.90 Å². The Morgan fingerprint density at radius 2 is 1.70 bits per heavy atom. The zero-order valence-electron chi connectivity index (χ0n) is 10.9. The minimum Gasteiger partial charge on any atom is -0.490 e. The molecular weight excluding hydrogens is 268 g/mol. The third-order valence-electron chi connectivity index (χ3n) is 3.10. The lowest BCUT2D eigenvalue weighted by Gasteiger charge is -2.09. The van der Waals surface area contributed by atoms with E-state index in [1.54, 1.807) is 18.0 Å². The van der Waals surface area contributed by atoms with Crippen LogP contribution in [0.4, 0.5) is 0 Å². The van der Waals surface area contributed by atoms with Gasteiger partial charge in [0.05, 0.1) is 6.26 Å². The van der Waals surface area contributed by atoms with Crippen LogP contribution in [0.5, 0.6) is 0 Å². The average Bonchev–Trinajstić information content (AvgIpc) is 3.03. The number of Topliss-reactive ketones (excluding diaryl/α,β-unsaturated/α-hetero) is 1. The summed E-state index contributed by atoms with van der Waals surface area (Å²) >= 11 is 1.69. The maximum atomic E-state index is 12.1. The van der Waals surface area contributed by atoms with E-state index in [2.05, 4.69) is 12.1 Å². The van der Waals surface area contributed by atoms with E-state index in [0.29, 0.717) is 12.0 Å². The molecule has 1 atom stereocenters. The number of ketones is 1. The zero-order chi connectivity index (χ0) is 13.8. The van der Waals surface area contributed by atoms with Crippen LogP contribution >= 0.6 is 11.8 Å². The molecule has 2 nitrogen and oxygen atoms in total. The summed E-state index contributed by atoms with van der Waals surface area (Å²) in [6.07, 6.45) is 3.80. The van der Waals surface area contributed by atoms with Gasteiger partial charge >= 0.3 is 0 Å². The third kappa shape index (κ3) is 2.94. The fraction of sp³-hybridized carbons (Fsp3) is 0.118. The number of carbonyl (C=O) groups excluding carboxylic acids is 1. The predicted octanol–water partition coefficient (Wildman–Crippen LogP) is 4.32. The van der Waals surface area contributed by atoms with Crippen LogP contribution in [0.15, 0.2) is 76.7 Å². The Bertz CT molecular complexity index is 609. The summed E-state index contributed by atoms with van der Waals surface area (Å²) in [7, 11) is 0. The molecule has 0 aliphatic carbocycles. The molecule has 2 aromatic carbocycles. The van der Waals surface area contributed by atoms with E-state index in [9.17, 15) is 4.79 Å². The number of carbonyl (C=O) groups is 1. The molecule has 0 amide bonds. The Labute approximate surface area is 122 Å². The highest BCUT2D eigenvalue weighted by atomic mass is 32.2. The quantitative estimate of drug-likeness (QED) is 0.781. The molecular formula is C17H14O2S. The van der Waals surface area contributed by atoms with Crippen molar-refractivity contribution in [2.75, 3.05) is 0 Å². The molecule has 100 valence electrons. The smallest absolute Gasteiger partial charge is 0.203 e. The largest absolute Gasteiger partial charge is 0.490 e. The number of rotatable bonds is 4. The van der Waals surface area contributed by atoms with Crippen LogP contribution in [0.3, 0.4) is 0 Å². The van der Waals surface area contributed by atoms with E-state index < -0.39 is 0 Å². The molecule has 20 heavy (non-hydrogen) atoms. The van der Waals surface area contributed by atoms with Gasteiger partial charge in [-0.1, -0.05) is 42.1 Å². The maximum Gasteiger partial charge on any atom is 0.203 e. The zero-order valence-corrected chi connectivity index (χ0v) is 11.7. The van der Waals surface area contributed by atoms with Crippen LogP contribution in [0.1, 0.15) is 16.8 Å².